The zero-order chi connectivity index (χ0) is 16.3. The molecule has 1 aliphatic heterocycles. The summed E-state index contributed by atoms with van der Waals surface area (Å²) in [6.45, 7) is 2.85. The van der Waals surface area contributed by atoms with Gasteiger partial charge in [-0.1, -0.05) is 48.5 Å². The van der Waals surface area contributed by atoms with Gasteiger partial charge in [0.15, 0.2) is 0 Å². The maximum absolute atomic E-state index is 13.2. The van der Waals surface area contributed by atoms with E-state index in [1.54, 1.807) is 12.1 Å². The van der Waals surface area contributed by atoms with Crippen LogP contribution in [0.4, 0.5) is 13.2 Å². The highest BCUT2D eigenvalue weighted by Crippen LogP contribution is 2.35. The summed E-state index contributed by atoms with van der Waals surface area (Å²) >= 11 is 0. The van der Waals surface area contributed by atoms with E-state index < -0.39 is 11.7 Å². The summed E-state index contributed by atoms with van der Waals surface area (Å²) in [7, 11) is 0. The Bertz CT molecular complexity index is 640. The minimum absolute atomic E-state index is 0.301. The summed E-state index contributed by atoms with van der Waals surface area (Å²) in [5.74, 6) is 0. The molecule has 1 heterocycles. The number of hydrogen-bond donors (Lipinski definition) is 1. The topological polar surface area (TPSA) is 15.3 Å². The predicted octanol–water partition coefficient (Wildman–Crippen LogP) is 3.85. The smallest absolute Gasteiger partial charge is 0.308 e. The first-order valence-corrected chi connectivity index (χ1v) is 7.70. The second-order valence-electron chi connectivity index (χ2n) is 5.81. The van der Waals surface area contributed by atoms with Crippen molar-refractivity contribution < 1.29 is 13.2 Å². The Balaban J connectivity index is 1.77. The molecule has 2 aromatic rings. The van der Waals surface area contributed by atoms with Crippen LogP contribution in [-0.2, 0) is 12.7 Å². The molecule has 122 valence electrons. The van der Waals surface area contributed by atoms with Gasteiger partial charge >= 0.3 is 6.18 Å². The van der Waals surface area contributed by atoms with E-state index in [2.05, 4.69) is 10.2 Å². The normalized spacial score (nSPS) is 19.7. The third-order valence-electron chi connectivity index (χ3n) is 4.15. The zero-order valence-corrected chi connectivity index (χ0v) is 12.7. The molecule has 3 rings (SSSR count). The molecule has 1 aliphatic rings. The van der Waals surface area contributed by atoms with Crippen LogP contribution in [0.2, 0.25) is 0 Å². The second kappa shape index (κ2) is 6.72. The number of halogens is 3. The van der Waals surface area contributed by atoms with Crippen molar-refractivity contribution >= 4 is 0 Å². The molecule has 0 bridgehead atoms. The SMILES string of the molecule is FC(F)(F)c1ccccc1C1CN(Cc2ccccc2)CCN1. The predicted molar refractivity (Wildman–Crippen MR) is 83.9 cm³/mol. The van der Waals surface area contributed by atoms with Crippen molar-refractivity contribution in [2.75, 3.05) is 19.6 Å². The minimum atomic E-state index is -4.32. The monoisotopic (exact) mass is 320 g/mol. The molecular weight excluding hydrogens is 301 g/mol. The quantitative estimate of drug-likeness (QED) is 0.924. The van der Waals surface area contributed by atoms with Gasteiger partial charge in [0.1, 0.15) is 0 Å². The van der Waals surface area contributed by atoms with E-state index in [1.807, 2.05) is 30.3 Å². The Labute approximate surface area is 133 Å². The van der Waals surface area contributed by atoms with Crippen molar-refractivity contribution in [3.05, 3.63) is 71.3 Å². The molecule has 0 amide bonds. The number of nitrogens with one attached hydrogen (secondary N) is 1. The Morgan fingerprint density at radius 2 is 1.70 bits per heavy atom. The van der Waals surface area contributed by atoms with Crippen LogP contribution in [-0.4, -0.2) is 24.5 Å². The number of piperazine rings is 1. The molecule has 0 aromatic heterocycles. The Kier molecular flexibility index (Phi) is 4.68. The first-order chi connectivity index (χ1) is 11.0. The van der Waals surface area contributed by atoms with Gasteiger partial charge in [-0.3, -0.25) is 4.90 Å². The molecule has 0 spiro atoms. The number of nitrogens with zero attached hydrogens (tertiary/aromatic N) is 1. The molecule has 1 saturated heterocycles. The number of benzene rings is 2. The molecule has 23 heavy (non-hydrogen) atoms. The molecular formula is C18H19F3N2. The highest BCUT2D eigenvalue weighted by Gasteiger charge is 2.35. The molecule has 1 unspecified atom stereocenters. The summed E-state index contributed by atoms with van der Waals surface area (Å²) in [4.78, 5) is 2.20. The van der Waals surface area contributed by atoms with E-state index in [-0.39, 0.29) is 6.04 Å². The van der Waals surface area contributed by atoms with Crippen LogP contribution in [0.1, 0.15) is 22.7 Å². The first kappa shape index (κ1) is 16.0. The fraction of sp³-hybridized carbons (Fsp3) is 0.333. The van der Waals surface area contributed by atoms with E-state index in [9.17, 15) is 13.2 Å². The fourth-order valence-electron chi connectivity index (χ4n) is 3.06. The summed E-state index contributed by atoms with van der Waals surface area (Å²) in [5, 5.41) is 3.22. The van der Waals surface area contributed by atoms with E-state index in [0.717, 1.165) is 19.2 Å². The lowest BCUT2D eigenvalue weighted by Crippen LogP contribution is -2.45. The highest BCUT2D eigenvalue weighted by atomic mass is 19.4. The Morgan fingerprint density at radius 3 is 2.43 bits per heavy atom. The van der Waals surface area contributed by atoms with Crippen molar-refractivity contribution in [2.24, 2.45) is 0 Å². The standard InChI is InChI=1S/C18H19F3N2/c19-18(20,21)16-9-5-4-8-15(16)17-13-23(11-10-22-17)12-14-6-2-1-3-7-14/h1-9,17,22H,10-13H2. The molecule has 2 aromatic carbocycles. The molecule has 1 N–H and O–H groups in total. The van der Waals surface area contributed by atoms with Gasteiger partial charge in [-0.2, -0.15) is 13.2 Å². The summed E-state index contributed by atoms with van der Waals surface area (Å²) in [6, 6.07) is 15.6. The van der Waals surface area contributed by atoms with Crippen molar-refractivity contribution in [2.45, 2.75) is 18.8 Å². The van der Waals surface area contributed by atoms with Crippen molar-refractivity contribution in [1.82, 2.24) is 10.2 Å². The Hall–Kier alpha value is -1.85. The van der Waals surface area contributed by atoms with Gasteiger partial charge in [-0.25, -0.2) is 0 Å². The van der Waals surface area contributed by atoms with Crippen LogP contribution < -0.4 is 5.32 Å². The average Bonchev–Trinajstić information content (AvgIpc) is 2.55. The Morgan fingerprint density at radius 1 is 1.00 bits per heavy atom. The molecule has 1 atom stereocenters. The van der Waals surface area contributed by atoms with Crippen molar-refractivity contribution in [3.8, 4) is 0 Å². The highest BCUT2D eigenvalue weighted by molar-refractivity contribution is 5.33. The van der Waals surface area contributed by atoms with Crippen LogP contribution in [0, 0.1) is 0 Å². The molecule has 2 nitrogen and oxygen atoms in total. The maximum atomic E-state index is 13.2. The molecule has 1 fully saturated rings. The van der Waals surface area contributed by atoms with Crippen LogP contribution in [0.25, 0.3) is 0 Å². The third-order valence-corrected chi connectivity index (χ3v) is 4.15. The van der Waals surface area contributed by atoms with Crippen molar-refractivity contribution in [1.29, 1.82) is 0 Å². The molecule has 0 aliphatic carbocycles. The van der Waals surface area contributed by atoms with Gasteiger partial charge in [-0.15, -0.1) is 0 Å². The number of hydrogen-bond acceptors (Lipinski definition) is 2. The summed E-state index contributed by atoms with van der Waals surface area (Å²) < 4.78 is 39.6. The molecule has 5 heteroatoms. The summed E-state index contributed by atoms with van der Waals surface area (Å²) in [5.41, 5.74) is 0.967. The maximum Gasteiger partial charge on any atom is 0.416 e. The lowest BCUT2D eigenvalue weighted by Gasteiger charge is -2.35. The number of alkyl halides is 3. The van der Waals surface area contributed by atoms with Crippen LogP contribution in [0.15, 0.2) is 54.6 Å². The number of rotatable bonds is 3. The van der Waals surface area contributed by atoms with Gasteiger partial charge in [-0.05, 0) is 17.2 Å². The lowest BCUT2D eigenvalue weighted by molar-refractivity contribution is -0.138. The largest absolute Gasteiger partial charge is 0.416 e. The summed E-state index contributed by atoms with van der Waals surface area (Å²) in [6.07, 6.45) is -4.32. The van der Waals surface area contributed by atoms with Gasteiger partial charge in [0.2, 0.25) is 0 Å². The van der Waals surface area contributed by atoms with Crippen molar-refractivity contribution in [3.63, 3.8) is 0 Å². The van der Waals surface area contributed by atoms with Gasteiger partial charge in [0.05, 0.1) is 5.56 Å². The van der Waals surface area contributed by atoms with Gasteiger partial charge < -0.3 is 5.32 Å². The molecule has 0 saturated carbocycles. The lowest BCUT2D eigenvalue weighted by atomic mass is 9.98. The fourth-order valence-corrected chi connectivity index (χ4v) is 3.06. The minimum Gasteiger partial charge on any atom is -0.308 e. The average molecular weight is 320 g/mol. The van der Waals surface area contributed by atoms with Gasteiger partial charge in [0, 0.05) is 32.2 Å². The first-order valence-electron chi connectivity index (χ1n) is 7.70. The molecule has 0 radical (unpaired) electrons. The van der Waals surface area contributed by atoms with Crippen LogP contribution in [0.5, 0.6) is 0 Å². The third kappa shape index (κ3) is 3.92. The van der Waals surface area contributed by atoms with Crippen LogP contribution in [0.3, 0.4) is 0 Å². The van der Waals surface area contributed by atoms with Gasteiger partial charge in [0.25, 0.3) is 0 Å². The van der Waals surface area contributed by atoms with E-state index in [4.69, 9.17) is 0 Å². The van der Waals surface area contributed by atoms with E-state index in [1.165, 1.54) is 11.6 Å². The van der Waals surface area contributed by atoms with E-state index >= 15 is 0 Å². The second-order valence-corrected chi connectivity index (χ2v) is 5.81. The van der Waals surface area contributed by atoms with E-state index in [0.29, 0.717) is 18.7 Å². The van der Waals surface area contributed by atoms with Crippen LogP contribution >= 0.6 is 0 Å². The zero-order valence-electron chi connectivity index (χ0n) is 12.7.